The monoisotopic (exact) mass is 379 g/mol. The van der Waals surface area contributed by atoms with Crippen LogP contribution in [0, 0.1) is 17.1 Å². The molecule has 0 fully saturated rings. The van der Waals surface area contributed by atoms with Crippen molar-refractivity contribution < 1.29 is 13.5 Å². The minimum Gasteiger partial charge on any atom is -0.494 e. The van der Waals surface area contributed by atoms with Gasteiger partial charge in [-0.1, -0.05) is 26.0 Å². The fourth-order valence-corrected chi connectivity index (χ4v) is 2.24. The molecule has 0 aliphatic heterocycles. The number of hydrogen-bond acceptors (Lipinski definition) is 5. The molecule has 1 heterocycles. The molecule has 0 amide bonds. The fourth-order valence-electron chi connectivity index (χ4n) is 2.24. The second kappa shape index (κ2) is 10.5. The molecule has 0 unspecified atom stereocenters. The SMILES string of the molecule is CC.CCOc1ccc(Nc2oc(/C=C/c3ccc(F)cc3)nc2C#N)cc1. The molecule has 2 aromatic carbocycles. The lowest BCUT2D eigenvalue weighted by Gasteiger charge is -2.05. The van der Waals surface area contributed by atoms with Crippen molar-refractivity contribution >= 4 is 23.7 Å². The molecular formula is C22H22FN3O2. The minimum atomic E-state index is -0.299. The highest BCUT2D eigenvalue weighted by Gasteiger charge is 2.11. The van der Waals surface area contributed by atoms with E-state index >= 15 is 0 Å². The van der Waals surface area contributed by atoms with Gasteiger partial charge in [0.1, 0.15) is 17.6 Å². The first-order valence-electron chi connectivity index (χ1n) is 9.02. The van der Waals surface area contributed by atoms with E-state index in [2.05, 4.69) is 10.3 Å². The first-order valence-corrected chi connectivity index (χ1v) is 9.02. The Balaban J connectivity index is 0.00000136. The summed E-state index contributed by atoms with van der Waals surface area (Å²) in [5, 5.41) is 12.3. The number of halogens is 1. The number of aromatic nitrogens is 1. The van der Waals surface area contributed by atoms with Crippen LogP contribution in [-0.4, -0.2) is 11.6 Å². The van der Waals surface area contributed by atoms with E-state index in [4.69, 9.17) is 9.15 Å². The number of benzene rings is 2. The Hall–Kier alpha value is -3.59. The van der Waals surface area contributed by atoms with E-state index in [1.54, 1.807) is 24.3 Å². The van der Waals surface area contributed by atoms with Crippen molar-refractivity contribution in [3.63, 3.8) is 0 Å². The zero-order valence-corrected chi connectivity index (χ0v) is 16.1. The molecule has 6 heteroatoms. The van der Waals surface area contributed by atoms with Crippen molar-refractivity contribution in [3.05, 3.63) is 71.5 Å². The highest BCUT2D eigenvalue weighted by molar-refractivity contribution is 5.68. The average Bonchev–Trinajstić information content (AvgIpc) is 3.12. The van der Waals surface area contributed by atoms with Gasteiger partial charge in [-0.3, -0.25) is 0 Å². The normalized spacial score (nSPS) is 10.1. The summed E-state index contributed by atoms with van der Waals surface area (Å²) in [7, 11) is 0. The molecule has 0 saturated heterocycles. The third-order valence-electron chi connectivity index (χ3n) is 3.46. The molecule has 3 rings (SSSR count). The second-order valence-corrected chi connectivity index (χ2v) is 5.31. The Morgan fingerprint density at radius 1 is 1.11 bits per heavy atom. The Morgan fingerprint density at radius 3 is 2.39 bits per heavy atom. The van der Waals surface area contributed by atoms with Crippen LogP contribution in [0.4, 0.5) is 16.0 Å². The maximum absolute atomic E-state index is 12.9. The number of nitrogens with zero attached hydrogens (tertiary/aromatic N) is 2. The zero-order valence-electron chi connectivity index (χ0n) is 16.1. The molecule has 1 N–H and O–H groups in total. The lowest BCUT2D eigenvalue weighted by molar-refractivity contribution is 0.340. The van der Waals surface area contributed by atoms with Crippen LogP contribution in [0.25, 0.3) is 12.2 Å². The van der Waals surface area contributed by atoms with Gasteiger partial charge in [0.05, 0.1) is 6.61 Å². The molecule has 0 aliphatic rings. The number of nitriles is 1. The quantitative estimate of drug-likeness (QED) is 0.567. The number of oxazole rings is 1. The highest BCUT2D eigenvalue weighted by Crippen LogP contribution is 2.24. The van der Waals surface area contributed by atoms with Gasteiger partial charge in [-0.25, -0.2) is 4.39 Å². The summed E-state index contributed by atoms with van der Waals surface area (Å²) in [6.45, 7) is 6.51. The second-order valence-electron chi connectivity index (χ2n) is 5.31. The number of hydrogen-bond donors (Lipinski definition) is 1. The lowest BCUT2D eigenvalue weighted by Crippen LogP contribution is -1.93. The van der Waals surface area contributed by atoms with Gasteiger partial charge >= 0.3 is 0 Å². The summed E-state index contributed by atoms with van der Waals surface area (Å²) < 4.78 is 23.9. The zero-order chi connectivity index (χ0) is 20.4. The summed E-state index contributed by atoms with van der Waals surface area (Å²) in [5.74, 6) is 1.00. The molecule has 0 spiro atoms. The predicted molar refractivity (Wildman–Crippen MR) is 109 cm³/mol. The summed E-state index contributed by atoms with van der Waals surface area (Å²) in [6.07, 6.45) is 3.35. The first-order chi connectivity index (χ1) is 13.7. The fraction of sp³-hybridized carbons (Fsp3) is 0.182. The van der Waals surface area contributed by atoms with Gasteiger partial charge in [0, 0.05) is 11.8 Å². The third kappa shape index (κ3) is 5.71. The average molecular weight is 379 g/mol. The molecule has 0 atom stereocenters. The highest BCUT2D eigenvalue weighted by atomic mass is 19.1. The summed E-state index contributed by atoms with van der Waals surface area (Å²) in [6, 6.07) is 15.3. The van der Waals surface area contributed by atoms with Crippen molar-refractivity contribution in [1.82, 2.24) is 4.98 Å². The standard InChI is InChI=1S/C20H16FN3O2.C2H6/c1-2-25-17-10-8-16(9-11-17)23-20-18(13-22)24-19(26-20)12-5-14-3-6-15(21)7-4-14;1-2/h3-12,23H,2H2,1H3;1-2H3/b12-5+;. The molecule has 0 bridgehead atoms. The number of anilines is 2. The minimum absolute atomic E-state index is 0.151. The smallest absolute Gasteiger partial charge is 0.236 e. The van der Waals surface area contributed by atoms with Crippen LogP contribution in [-0.2, 0) is 0 Å². The first kappa shape index (κ1) is 20.7. The van der Waals surface area contributed by atoms with Gasteiger partial charge in [-0.05, 0) is 55.0 Å². The van der Waals surface area contributed by atoms with E-state index in [0.29, 0.717) is 6.61 Å². The van der Waals surface area contributed by atoms with E-state index in [1.165, 1.54) is 12.1 Å². The molecule has 28 heavy (non-hydrogen) atoms. The molecule has 0 saturated carbocycles. The van der Waals surface area contributed by atoms with Crippen molar-refractivity contribution in [1.29, 1.82) is 5.26 Å². The van der Waals surface area contributed by atoms with Gasteiger partial charge in [-0.2, -0.15) is 10.2 Å². The van der Waals surface area contributed by atoms with Crippen LogP contribution in [0.5, 0.6) is 5.75 Å². The van der Waals surface area contributed by atoms with Gasteiger partial charge < -0.3 is 14.5 Å². The van der Waals surface area contributed by atoms with E-state index in [-0.39, 0.29) is 23.3 Å². The van der Waals surface area contributed by atoms with Crippen LogP contribution in [0.15, 0.2) is 52.9 Å². The third-order valence-corrected chi connectivity index (χ3v) is 3.46. The van der Waals surface area contributed by atoms with Gasteiger partial charge in [0.25, 0.3) is 0 Å². The molecule has 1 aromatic heterocycles. The topological polar surface area (TPSA) is 71.1 Å². The van der Waals surface area contributed by atoms with Crippen LogP contribution in [0.2, 0.25) is 0 Å². The van der Waals surface area contributed by atoms with Crippen LogP contribution < -0.4 is 10.1 Å². The Bertz CT molecular complexity index is 939. The van der Waals surface area contributed by atoms with Crippen LogP contribution in [0.1, 0.15) is 37.9 Å². The van der Waals surface area contributed by atoms with Crippen LogP contribution in [0.3, 0.4) is 0 Å². The summed E-state index contributed by atoms with van der Waals surface area (Å²) >= 11 is 0. The predicted octanol–water partition coefficient (Wildman–Crippen LogP) is 6.02. The van der Waals surface area contributed by atoms with Crippen molar-refractivity contribution in [2.24, 2.45) is 0 Å². The van der Waals surface area contributed by atoms with Crippen molar-refractivity contribution in [3.8, 4) is 11.8 Å². The molecule has 0 aliphatic carbocycles. The molecule has 0 radical (unpaired) electrons. The van der Waals surface area contributed by atoms with Gasteiger partial charge in [-0.15, -0.1) is 0 Å². The molecular weight excluding hydrogens is 357 g/mol. The lowest BCUT2D eigenvalue weighted by atomic mass is 10.2. The molecule has 3 aromatic rings. The van der Waals surface area contributed by atoms with E-state index in [0.717, 1.165) is 17.0 Å². The van der Waals surface area contributed by atoms with Gasteiger partial charge in [0.15, 0.2) is 0 Å². The van der Waals surface area contributed by atoms with E-state index in [9.17, 15) is 9.65 Å². The molecule has 144 valence electrons. The largest absolute Gasteiger partial charge is 0.494 e. The number of rotatable bonds is 6. The maximum atomic E-state index is 12.9. The number of nitrogens with one attached hydrogen (secondary N) is 1. The maximum Gasteiger partial charge on any atom is 0.236 e. The van der Waals surface area contributed by atoms with E-state index in [1.807, 2.05) is 51.1 Å². The Morgan fingerprint density at radius 2 is 1.79 bits per heavy atom. The Kier molecular flexibility index (Phi) is 7.79. The van der Waals surface area contributed by atoms with E-state index < -0.39 is 0 Å². The summed E-state index contributed by atoms with van der Waals surface area (Å²) in [4.78, 5) is 4.13. The van der Waals surface area contributed by atoms with Crippen molar-refractivity contribution in [2.45, 2.75) is 20.8 Å². The van der Waals surface area contributed by atoms with Gasteiger partial charge in [0.2, 0.25) is 17.5 Å². The van der Waals surface area contributed by atoms with Crippen molar-refractivity contribution in [2.75, 3.05) is 11.9 Å². The molecule has 5 nitrogen and oxygen atoms in total. The Labute approximate surface area is 164 Å². The summed E-state index contributed by atoms with van der Waals surface area (Å²) in [5.41, 5.74) is 1.69. The van der Waals surface area contributed by atoms with Crippen LogP contribution >= 0.6 is 0 Å². The number of ether oxygens (including phenoxy) is 1.